The number of aromatic nitrogens is 1. The lowest BCUT2D eigenvalue weighted by Crippen LogP contribution is -2.30. The molecule has 0 saturated heterocycles. The number of nitrogens with zero attached hydrogens (tertiary/aromatic N) is 2. The summed E-state index contributed by atoms with van der Waals surface area (Å²) in [6.07, 6.45) is 8.09. The average Bonchev–Trinajstić information content (AvgIpc) is 3.63. The molecule has 0 saturated carbocycles. The van der Waals surface area contributed by atoms with Gasteiger partial charge in [0, 0.05) is 27.8 Å². The molecule has 1 aromatic heterocycles. The van der Waals surface area contributed by atoms with Gasteiger partial charge in [0.25, 0.3) is 0 Å². The second-order valence-electron chi connectivity index (χ2n) is 15.2. The first-order valence-corrected chi connectivity index (χ1v) is 20.2. The van der Waals surface area contributed by atoms with Crippen LogP contribution in [0.3, 0.4) is 0 Å². The summed E-state index contributed by atoms with van der Waals surface area (Å²) in [5.41, 5.74) is 13.5. The summed E-state index contributed by atoms with van der Waals surface area (Å²) in [6.45, 7) is 0. The van der Waals surface area contributed by atoms with E-state index in [2.05, 4.69) is 234 Å². The van der Waals surface area contributed by atoms with Gasteiger partial charge in [-0.1, -0.05) is 170 Å². The second-order valence-corrected chi connectivity index (χ2v) is 15.2. The second kappa shape index (κ2) is 14.3. The predicted molar refractivity (Wildman–Crippen MR) is 247 cm³/mol. The van der Waals surface area contributed by atoms with E-state index in [-0.39, 0.29) is 6.04 Å². The molecule has 0 bridgehead atoms. The Morgan fingerprint density at radius 2 is 0.914 bits per heavy atom. The first-order chi connectivity index (χ1) is 28.8. The third-order valence-corrected chi connectivity index (χ3v) is 11.9. The third-order valence-electron chi connectivity index (χ3n) is 11.9. The van der Waals surface area contributed by atoms with Crippen molar-refractivity contribution >= 4 is 60.3 Å². The normalized spacial score (nSPS) is 14.0. The number of allylic oxidation sites excluding steroid dienone is 2. The molecule has 58 heavy (non-hydrogen) atoms. The van der Waals surface area contributed by atoms with E-state index in [4.69, 9.17) is 0 Å². The van der Waals surface area contributed by atoms with Gasteiger partial charge in [-0.25, -0.2) is 0 Å². The Morgan fingerprint density at radius 1 is 0.397 bits per heavy atom. The molecule has 10 aromatic rings. The first-order valence-electron chi connectivity index (χ1n) is 20.2. The minimum atomic E-state index is 0.151. The number of hydrogen-bond acceptors (Lipinski definition) is 1. The standard InChI is InChI=1S/C56H40N2/c1-4-16-40(17-5-1)55-48-23-10-12-25-50(48)56(51-26-13-11-24-49(51)55)41-30-35-46(36-31-41)57(43-18-6-2-7-19-43)45-33-28-39(29-34-45)42-32-37-54-52(38-42)47-22-14-15-27-53(47)58(54)44-20-8-3-9-21-44/h1-35,37-38,46H,36H2. The fourth-order valence-electron chi connectivity index (χ4n) is 9.28. The molecule has 1 aliphatic carbocycles. The molecule has 2 nitrogen and oxygen atoms in total. The van der Waals surface area contributed by atoms with E-state index in [1.54, 1.807) is 0 Å². The lowest BCUT2D eigenvalue weighted by Gasteiger charge is -2.33. The monoisotopic (exact) mass is 740 g/mol. The Bertz CT molecular complexity index is 3120. The zero-order chi connectivity index (χ0) is 38.4. The van der Waals surface area contributed by atoms with E-state index in [1.807, 2.05) is 0 Å². The van der Waals surface area contributed by atoms with Crippen LogP contribution < -0.4 is 4.90 Å². The van der Waals surface area contributed by atoms with Gasteiger partial charge in [0.15, 0.2) is 0 Å². The van der Waals surface area contributed by atoms with Crippen molar-refractivity contribution in [1.82, 2.24) is 4.57 Å². The van der Waals surface area contributed by atoms with Gasteiger partial charge < -0.3 is 9.47 Å². The highest BCUT2D eigenvalue weighted by Crippen LogP contribution is 2.44. The highest BCUT2D eigenvalue weighted by molar-refractivity contribution is 6.19. The van der Waals surface area contributed by atoms with Crippen LogP contribution in [0.5, 0.6) is 0 Å². The number of para-hydroxylation sites is 3. The van der Waals surface area contributed by atoms with Crippen LogP contribution >= 0.6 is 0 Å². The van der Waals surface area contributed by atoms with Crippen molar-refractivity contribution < 1.29 is 0 Å². The van der Waals surface area contributed by atoms with Gasteiger partial charge >= 0.3 is 0 Å². The van der Waals surface area contributed by atoms with E-state index in [1.165, 1.54) is 93.8 Å². The van der Waals surface area contributed by atoms with E-state index in [0.717, 1.165) is 6.42 Å². The Morgan fingerprint density at radius 3 is 1.55 bits per heavy atom. The van der Waals surface area contributed by atoms with Gasteiger partial charge in [0.2, 0.25) is 0 Å². The summed E-state index contributed by atoms with van der Waals surface area (Å²) in [4.78, 5) is 2.49. The quantitative estimate of drug-likeness (QED) is 0.148. The summed E-state index contributed by atoms with van der Waals surface area (Å²) in [5.74, 6) is 0. The minimum Gasteiger partial charge on any atom is -0.334 e. The van der Waals surface area contributed by atoms with Gasteiger partial charge in [0.1, 0.15) is 0 Å². The molecule has 1 unspecified atom stereocenters. The molecular formula is C56H40N2. The molecule has 1 aliphatic rings. The third kappa shape index (κ3) is 5.73. The summed E-state index contributed by atoms with van der Waals surface area (Å²) in [7, 11) is 0. The Labute approximate surface area is 338 Å². The van der Waals surface area contributed by atoms with Crippen molar-refractivity contribution in [1.29, 1.82) is 0 Å². The van der Waals surface area contributed by atoms with Crippen LogP contribution in [0.25, 0.3) is 76.9 Å². The van der Waals surface area contributed by atoms with E-state index in [0.29, 0.717) is 0 Å². The summed E-state index contributed by atoms with van der Waals surface area (Å²) in [6, 6.07) is 75.1. The number of rotatable bonds is 7. The maximum absolute atomic E-state index is 2.49. The lowest BCUT2D eigenvalue weighted by atomic mass is 9.84. The van der Waals surface area contributed by atoms with Crippen LogP contribution in [0.4, 0.5) is 11.4 Å². The minimum absolute atomic E-state index is 0.151. The SMILES string of the molecule is C1=CC(N(c2ccccc2)c2ccc(-c3ccc4c(c3)c3ccccc3n4-c3ccccc3)cc2)CC=C1c1c2ccccc2c(-c2ccccc2)c2ccccc12. The Balaban J connectivity index is 0.953. The van der Waals surface area contributed by atoms with Crippen LogP contribution in [0.1, 0.15) is 12.0 Å². The molecule has 0 fully saturated rings. The summed E-state index contributed by atoms with van der Waals surface area (Å²) < 4.78 is 2.37. The fourth-order valence-corrected chi connectivity index (χ4v) is 9.28. The number of benzene rings is 9. The fraction of sp³-hybridized carbons (Fsp3) is 0.0357. The van der Waals surface area contributed by atoms with Crippen LogP contribution in [0, 0.1) is 0 Å². The number of fused-ring (bicyclic) bond motifs is 5. The van der Waals surface area contributed by atoms with Gasteiger partial charge in [-0.3, -0.25) is 0 Å². The highest BCUT2D eigenvalue weighted by Gasteiger charge is 2.23. The molecule has 274 valence electrons. The van der Waals surface area contributed by atoms with E-state index >= 15 is 0 Å². The molecule has 1 atom stereocenters. The van der Waals surface area contributed by atoms with Gasteiger partial charge in [-0.2, -0.15) is 0 Å². The molecule has 0 N–H and O–H groups in total. The molecule has 2 heteroatoms. The van der Waals surface area contributed by atoms with E-state index < -0.39 is 0 Å². The predicted octanol–water partition coefficient (Wildman–Crippen LogP) is 15.0. The van der Waals surface area contributed by atoms with Gasteiger partial charge in [-0.05, 0) is 116 Å². The highest BCUT2D eigenvalue weighted by atomic mass is 15.2. The first kappa shape index (κ1) is 33.9. The number of anilines is 2. The van der Waals surface area contributed by atoms with Crippen molar-refractivity contribution in [3.63, 3.8) is 0 Å². The Kier molecular flexibility index (Phi) is 8.33. The van der Waals surface area contributed by atoms with Crippen molar-refractivity contribution in [3.8, 4) is 27.9 Å². The van der Waals surface area contributed by atoms with Crippen LogP contribution in [0.15, 0.2) is 224 Å². The largest absolute Gasteiger partial charge is 0.334 e. The topological polar surface area (TPSA) is 8.17 Å². The van der Waals surface area contributed by atoms with Crippen molar-refractivity contribution in [2.45, 2.75) is 12.5 Å². The molecule has 0 radical (unpaired) electrons. The maximum atomic E-state index is 2.49. The van der Waals surface area contributed by atoms with Crippen molar-refractivity contribution in [3.05, 3.63) is 230 Å². The molecule has 0 spiro atoms. The van der Waals surface area contributed by atoms with Gasteiger partial charge in [0.05, 0.1) is 17.1 Å². The van der Waals surface area contributed by atoms with Crippen molar-refractivity contribution in [2.75, 3.05) is 4.90 Å². The van der Waals surface area contributed by atoms with E-state index in [9.17, 15) is 0 Å². The molecule has 0 aliphatic heterocycles. The zero-order valence-electron chi connectivity index (χ0n) is 32.0. The molecule has 9 aromatic carbocycles. The van der Waals surface area contributed by atoms with Crippen LogP contribution in [-0.2, 0) is 0 Å². The molecule has 11 rings (SSSR count). The molecule has 1 heterocycles. The summed E-state index contributed by atoms with van der Waals surface area (Å²) in [5, 5.41) is 7.66. The van der Waals surface area contributed by atoms with Crippen LogP contribution in [0.2, 0.25) is 0 Å². The van der Waals surface area contributed by atoms with Crippen molar-refractivity contribution in [2.24, 2.45) is 0 Å². The average molecular weight is 741 g/mol. The zero-order valence-corrected chi connectivity index (χ0v) is 32.0. The number of hydrogen-bond donors (Lipinski definition) is 0. The van der Waals surface area contributed by atoms with Crippen LogP contribution in [-0.4, -0.2) is 10.6 Å². The summed E-state index contributed by atoms with van der Waals surface area (Å²) >= 11 is 0. The maximum Gasteiger partial charge on any atom is 0.0560 e. The molecule has 0 amide bonds. The molecular weight excluding hydrogens is 701 g/mol. The van der Waals surface area contributed by atoms with Gasteiger partial charge in [-0.15, -0.1) is 0 Å². The lowest BCUT2D eigenvalue weighted by molar-refractivity contribution is 0.787. The Hall–Kier alpha value is -7.42. The smallest absolute Gasteiger partial charge is 0.0560 e.